The molecule has 0 bridgehead atoms. The summed E-state index contributed by atoms with van der Waals surface area (Å²) in [5.41, 5.74) is 2.47. The molecule has 1 aromatic carbocycles. The van der Waals surface area contributed by atoms with Gasteiger partial charge in [-0.3, -0.25) is 9.89 Å². The van der Waals surface area contributed by atoms with Gasteiger partial charge in [-0.1, -0.05) is 17.7 Å². The first-order chi connectivity index (χ1) is 11.1. The zero-order valence-corrected chi connectivity index (χ0v) is 13.0. The minimum atomic E-state index is -1.03. The maximum atomic E-state index is 13.4. The molecule has 1 atom stereocenters. The average molecular weight is 339 g/mol. The summed E-state index contributed by atoms with van der Waals surface area (Å²) in [7, 11) is 0. The van der Waals surface area contributed by atoms with Gasteiger partial charge in [0.05, 0.1) is 11.1 Å². The minimum absolute atomic E-state index is 0.0133. The number of rotatable bonds is 4. The Morgan fingerprint density at radius 1 is 1.52 bits per heavy atom. The van der Waals surface area contributed by atoms with Crippen LogP contribution in [0.25, 0.3) is 0 Å². The van der Waals surface area contributed by atoms with Gasteiger partial charge in [0, 0.05) is 37.3 Å². The number of aliphatic hydroxyl groups excluding tert-OH is 1. The number of halogens is 2. The molecule has 1 amide bonds. The summed E-state index contributed by atoms with van der Waals surface area (Å²) < 4.78 is 13.4. The molecule has 23 heavy (non-hydrogen) atoms. The van der Waals surface area contributed by atoms with Crippen LogP contribution in [0, 0.1) is 5.82 Å². The second kappa shape index (κ2) is 6.66. The molecule has 0 aliphatic carbocycles. The summed E-state index contributed by atoms with van der Waals surface area (Å²) in [6.45, 7) is 1.38. The quantitative estimate of drug-likeness (QED) is 0.676. The maximum Gasteiger partial charge on any atom is 0.272 e. The predicted molar refractivity (Wildman–Crippen MR) is 82.7 cm³/mol. The number of carbonyl (C=O) groups is 1. The van der Waals surface area contributed by atoms with Crippen LogP contribution in [-0.2, 0) is 13.0 Å². The lowest BCUT2D eigenvalue weighted by Gasteiger charge is -2.14. The number of hydrogen-bond acceptors (Lipinski definition) is 4. The van der Waals surface area contributed by atoms with Gasteiger partial charge >= 0.3 is 0 Å². The lowest BCUT2D eigenvalue weighted by Crippen LogP contribution is -2.31. The van der Waals surface area contributed by atoms with E-state index in [2.05, 4.69) is 20.8 Å². The van der Waals surface area contributed by atoms with Crippen molar-refractivity contribution < 1.29 is 14.3 Å². The van der Waals surface area contributed by atoms with Crippen LogP contribution in [0.5, 0.6) is 0 Å². The average Bonchev–Trinajstić information content (AvgIpc) is 2.99. The Morgan fingerprint density at radius 2 is 2.35 bits per heavy atom. The molecular formula is C15H16ClFN4O2. The summed E-state index contributed by atoms with van der Waals surface area (Å²) >= 11 is 5.60. The zero-order chi connectivity index (χ0) is 16.4. The van der Waals surface area contributed by atoms with E-state index in [4.69, 9.17) is 11.6 Å². The molecule has 2 heterocycles. The number of H-pyrrole nitrogens is 1. The molecule has 1 aliphatic heterocycles. The van der Waals surface area contributed by atoms with Crippen LogP contribution < -0.4 is 10.6 Å². The maximum absolute atomic E-state index is 13.4. The summed E-state index contributed by atoms with van der Waals surface area (Å²) in [5, 5.41) is 22.7. The number of benzene rings is 1. The number of carbonyl (C=O) groups excluding carboxylic acids is 1. The van der Waals surface area contributed by atoms with Crippen molar-refractivity contribution in [2.24, 2.45) is 0 Å². The topological polar surface area (TPSA) is 90.0 Å². The molecule has 1 aromatic heterocycles. The third-order valence-corrected chi connectivity index (χ3v) is 4.11. The zero-order valence-electron chi connectivity index (χ0n) is 12.2. The van der Waals surface area contributed by atoms with E-state index in [0.29, 0.717) is 17.8 Å². The molecule has 6 nitrogen and oxygen atoms in total. The SMILES string of the molecule is O=C(NCC(O)c1ccc(Cl)c(F)c1)c1n[nH]c2c1CNCC2. The number of hydrogen-bond donors (Lipinski definition) is 4. The van der Waals surface area contributed by atoms with Gasteiger partial charge in [-0.15, -0.1) is 0 Å². The second-order valence-electron chi connectivity index (χ2n) is 5.36. The first-order valence-electron chi connectivity index (χ1n) is 7.24. The van der Waals surface area contributed by atoms with Gasteiger partial charge in [-0.2, -0.15) is 5.10 Å². The molecule has 0 saturated heterocycles. The Balaban J connectivity index is 1.64. The van der Waals surface area contributed by atoms with Crippen molar-refractivity contribution in [3.8, 4) is 0 Å². The van der Waals surface area contributed by atoms with Crippen LogP contribution in [0.15, 0.2) is 18.2 Å². The highest BCUT2D eigenvalue weighted by atomic mass is 35.5. The summed E-state index contributed by atoms with van der Waals surface area (Å²) in [6, 6.07) is 4.04. The van der Waals surface area contributed by atoms with Crippen molar-refractivity contribution in [1.82, 2.24) is 20.8 Å². The highest BCUT2D eigenvalue weighted by Crippen LogP contribution is 2.20. The number of nitrogens with one attached hydrogen (secondary N) is 3. The molecule has 4 N–H and O–H groups in total. The van der Waals surface area contributed by atoms with E-state index in [0.717, 1.165) is 30.3 Å². The largest absolute Gasteiger partial charge is 0.387 e. The van der Waals surface area contributed by atoms with Crippen LogP contribution in [0.3, 0.4) is 0 Å². The molecule has 1 aliphatic rings. The molecule has 3 rings (SSSR count). The van der Waals surface area contributed by atoms with Crippen molar-refractivity contribution >= 4 is 17.5 Å². The highest BCUT2D eigenvalue weighted by molar-refractivity contribution is 6.30. The molecule has 8 heteroatoms. The normalized spacial score (nSPS) is 15.1. The molecule has 0 saturated carbocycles. The van der Waals surface area contributed by atoms with Gasteiger partial charge in [-0.25, -0.2) is 4.39 Å². The van der Waals surface area contributed by atoms with Crippen molar-refractivity contribution in [2.75, 3.05) is 13.1 Å². The number of aliphatic hydroxyl groups is 1. The van der Waals surface area contributed by atoms with E-state index in [1.807, 2.05) is 0 Å². The third-order valence-electron chi connectivity index (χ3n) is 3.81. The fourth-order valence-electron chi connectivity index (χ4n) is 2.52. The highest BCUT2D eigenvalue weighted by Gasteiger charge is 2.22. The van der Waals surface area contributed by atoms with Crippen LogP contribution in [0.1, 0.15) is 33.4 Å². The fourth-order valence-corrected chi connectivity index (χ4v) is 2.64. The second-order valence-corrected chi connectivity index (χ2v) is 5.76. The monoisotopic (exact) mass is 338 g/mol. The summed E-state index contributed by atoms with van der Waals surface area (Å²) in [4.78, 5) is 12.2. The Labute approximate surface area is 137 Å². The van der Waals surface area contributed by atoms with Crippen LogP contribution in [0.2, 0.25) is 5.02 Å². The first kappa shape index (κ1) is 15.9. The number of fused-ring (bicyclic) bond motifs is 1. The van der Waals surface area contributed by atoms with Gasteiger partial charge in [0.1, 0.15) is 5.82 Å². The Morgan fingerprint density at radius 3 is 3.13 bits per heavy atom. The molecule has 2 aromatic rings. The van der Waals surface area contributed by atoms with Crippen molar-refractivity contribution in [3.05, 3.63) is 51.6 Å². The van der Waals surface area contributed by atoms with Crippen molar-refractivity contribution in [1.29, 1.82) is 0 Å². The summed E-state index contributed by atoms with van der Waals surface area (Å²) in [5.74, 6) is -0.985. The Hall–Kier alpha value is -1.96. The fraction of sp³-hybridized carbons (Fsp3) is 0.333. The van der Waals surface area contributed by atoms with Gasteiger partial charge in [0.2, 0.25) is 0 Å². The standard InChI is InChI=1S/C15H16ClFN4O2/c16-10-2-1-8(5-11(10)17)13(22)7-19-15(23)14-9-6-18-4-3-12(9)20-21-14/h1-2,5,13,18,22H,3-4,6-7H2,(H,19,23)(H,20,21). The van der Waals surface area contributed by atoms with E-state index in [-0.39, 0.29) is 17.5 Å². The third kappa shape index (κ3) is 3.36. The number of amides is 1. The van der Waals surface area contributed by atoms with E-state index < -0.39 is 11.9 Å². The summed E-state index contributed by atoms with van der Waals surface area (Å²) in [6.07, 6.45) is -0.235. The molecule has 0 spiro atoms. The molecule has 122 valence electrons. The number of aromatic amines is 1. The van der Waals surface area contributed by atoms with Crippen LogP contribution in [0.4, 0.5) is 4.39 Å². The van der Waals surface area contributed by atoms with E-state index in [1.54, 1.807) is 0 Å². The molecule has 0 radical (unpaired) electrons. The van der Waals surface area contributed by atoms with E-state index >= 15 is 0 Å². The lowest BCUT2D eigenvalue weighted by molar-refractivity contribution is 0.0910. The van der Waals surface area contributed by atoms with Gasteiger partial charge in [0.15, 0.2) is 5.69 Å². The van der Waals surface area contributed by atoms with Crippen molar-refractivity contribution in [2.45, 2.75) is 19.1 Å². The van der Waals surface area contributed by atoms with Gasteiger partial charge < -0.3 is 15.7 Å². The Bertz CT molecular complexity index is 734. The van der Waals surface area contributed by atoms with Crippen LogP contribution >= 0.6 is 11.6 Å². The van der Waals surface area contributed by atoms with E-state index in [1.165, 1.54) is 12.1 Å². The van der Waals surface area contributed by atoms with Crippen LogP contribution in [-0.4, -0.2) is 34.3 Å². The minimum Gasteiger partial charge on any atom is -0.387 e. The van der Waals surface area contributed by atoms with Gasteiger partial charge in [0.25, 0.3) is 5.91 Å². The number of nitrogens with zero attached hydrogens (tertiary/aromatic N) is 1. The predicted octanol–water partition coefficient (Wildman–Crippen LogP) is 1.31. The molecule has 1 unspecified atom stereocenters. The Kier molecular flexibility index (Phi) is 4.61. The smallest absolute Gasteiger partial charge is 0.272 e. The number of aromatic nitrogens is 2. The van der Waals surface area contributed by atoms with Crippen molar-refractivity contribution in [3.63, 3.8) is 0 Å². The molecule has 0 fully saturated rings. The first-order valence-corrected chi connectivity index (χ1v) is 7.62. The molecular weight excluding hydrogens is 323 g/mol. The lowest BCUT2D eigenvalue weighted by atomic mass is 10.1. The van der Waals surface area contributed by atoms with E-state index in [9.17, 15) is 14.3 Å². The van der Waals surface area contributed by atoms with Gasteiger partial charge in [-0.05, 0) is 17.7 Å².